The third-order valence-corrected chi connectivity index (χ3v) is 17.1. The van der Waals surface area contributed by atoms with Crippen molar-refractivity contribution in [2.45, 2.75) is 370 Å². The fourth-order valence-electron chi connectivity index (χ4n) is 11.5. The van der Waals surface area contributed by atoms with E-state index in [1.165, 1.54) is 193 Å². The number of carbonyl (C=O) groups excluding carboxylic acids is 1. The van der Waals surface area contributed by atoms with Crippen LogP contribution in [0.15, 0.2) is 48.6 Å². The van der Waals surface area contributed by atoms with Gasteiger partial charge in [0.05, 0.1) is 32.0 Å². The van der Waals surface area contributed by atoms with Gasteiger partial charge in [-0.1, -0.05) is 287 Å². The molecule has 0 aromatic heterocycles. The van der Waals surface area contributed by atoms with Crippen molar-refractivity contribution in [3.8, 4) is 0 Å². The number of hydrogen-bond acceptors (Lipinski definition) is 13. The van der Waals surface area contributed by atoms with Gasteiger partial charge in [0.1, 0.15) is 48.8 Å². The van der Waals surface area contributed by atoms with Crippen LogP contribution in [-0.4, -0.2) is 140 Å². The standard InChI is InChI=1S/C70H129NO13/c1-3-5-7-9-11-13-15-17-19-21-23-24-25-26-27-28-29-30-31-32-33-34-36-38-40-42-44-46-48-50-52-54-62(75)71-58(59(74)53-51-49-47-45-43-41-39-37-35-22-20-18-16-14-12-10-8-6-4-2)57-81-69-67(80)65(78)68(61(56-73)83-69)84-70-66(79)64(77)63(76)60(55-72)82-70/h5,7,11,13,17,19,23-24,58-61,63-70,72-74,76-80H,3-4,6,8-10,12,14-16,18,20-22,25-57H2,1-2H3,(H,71,75)/b7-5-,13-11-,19-17-,24-23-. The summed E-state index contributed by atoms with van der Waals surface area (Å²) in [6, 6.07) is -0.829. The minimum atomic E-state index is -1.78. The fraction of sp³-hybridized carbons (Fsp3) is 0.871. The monoisotopic (exact) mass is 1190 g/mol. The van der Waals surface area contributed by atoms with Crippen LogP contribution in [-0.2, 0) is 23.7 Å². The minimum absolute atomic E-state index is 0.202. The molecule has 2 aliphatic rings. The lowest BCUT2D eigenvalue weighted by atomic mass is 9.97. The van der Waals surface area contributed by atoms with Crippen molar-refractivity contribution >= 4 is 5.91 Å². The Kier molecular flexibility index (Phi) is 51.1. The lowest BCUT2D eigenvalue weighted by molar-refractivity contribution is -0.359. The van der Waals surface area contributed by atoms with Crippen LogP contribution in [0.3, 0.4) is 0 Å². The average Bonchev–Trinajstić information content (AvgIpc) is 3.18. The van der Waals surface area contributed by atoms with E-state index < -0.39 is 86.8 Å². The van der Waals surface area contributed by atoms with E-state index in [0.717, 1.165) is 77.0 Å². The Balaban J connectivity index is 1.64. The van der Waals surface area contributed by atoms with Crippen LogP contribution in [0.2, 0.25) is 0 Å². The van der Waals surface area contributed by atoms with Gasteiger partial charge in [0, 0.05) is 6.42 Å². The lowest BCUT2D eigenvalue weighted by Crippen LogP contribution is -2.65. The summed E-state index contributed by atoms with van der Waals surface area (Å²) in [5.41, 5.74) is 0. The molecule has 2 fully saturated rings. The molecule has 0 spiro atoms. The topological polar surface area (TPSA) is 228 Å². The predicted octanol–water partition coefficient (Wildman–Crippen LogP) is 13.9. The van der Waals surface area contributed by atoms with Gasteiger partial charge in [-0.3, -0.25) is 4.79 Å². The number of rotatable bonds is 57. The first-order valence-electron chi connectivity index (χ1n) is 34.9. The number of nitrogens with one attached hydrogen (secondary N) is 1. The van der Waals surface area contributed by atoms with Crippen LogP contribution in [0.5, 0.6) is 0 Å². The summed E-state index contributed by atoms with van der Waals surface area (Å²) in [6.07, 6.45) is 54.1. The van der Waals surface area contributed by atoms with Crippen LogP contribution in [0, 0.1) is 0 Å². The number of amides is 1. The first kappa shape index (κ1) is 78.0. The third-order valence-electron chi connectivity index (χ3n) is 17.1. The van der Waals surface area contributed by atoms with E-state index in [9.17, 15) is 45.6 Å². The average molecular weight is 1190 g/mol. The van der Waals surface area contributed by atoms with Crippen molar-refractivity contribution in [1.29, 1.82) is 0 Å². The highest BCUT2D eigenvalue weighted by Crippen LogP contribution is 2.30. The molecule has 14 nitrogen and oxygen atoms in total. The zero-order valence-corrected chi connectivity index (χ0v) is 53.4. The van der Waals surface area contributed by atoms with Gasteiger partial charge in [-0.25, -0.2) is 0 Å². The van der Waals surface area contributed by atoms with Gasteiger partial charge in [0.2, 0.25) is 5.91 Å². The highest BCUT2D eigenvalue weighted by molar-refractivity contribution is 5.76. The summed E-state index contributed by atoms with van der Waals surface area (Å²) in [7, 11) is 0. The summed E-state index contributed by atoms with van der Waals surface area (Å²) < 4.78 is 22.9. The van der Waals surface area contributed by atoms with E-state index in [1.54, 1.807) is 0 Å². The number of carbonyl (C=O) groups is 1. The van der Waals surface area contributed by atoms with E-state index in [2.05, 4.69) is 67.8 Å². The van der Waals surface area contributed by atoms with Gasteiger partial charge in [-0.05, 0) is 51.4 Å². The van der Waals surface area contributed by atoms with Crippen LogP contribution in [0.25, 0.3) is 0 Å². The molecule has 2 saturated heterocycles. The van der Waals surface area contributed by atoms with E-state index in [4.69, 9.17) is 18.9 Å². The second kappa shape index (κ2) is 55.1. The van der Waals surface area contributed by atoms with Crippen molar-refractivity contribution < 1.29 is 64.6 Å². The van der Waals surface area contributed by atoms with Crippen molar-refractivity contribution in [3.63, 3.8) is 0 Å². The lowest BCUT2D eigenvalue weighted by Gasteiger charge is -2.46. The van der Waals surface area contributed by atoms with Gasteiger partial charge in [-0.2, -0.15) is 0 Å². The second-order valence-electron chi connectivity index (χ2n) is 24.6. The molecule has 0 aromatic rings. The molecule has 1 amide bonds. The summed E-state index contributed by atoms with van der Waals surface area (Å²) >= 11 is 0. The van der Waals surface area contributed by atoms with Crippen molar-refractivity contribution in [2.75, 3.05) is 19.8 Å². The SMILES string of the molecule is CC/C=C\C/C=C\C/C=C\C/C=C\CCCCCCCCCCCCCCCCCCCCC(=O)NC(COC1OC(CO)C(OC2OC(CO)C(O)C(O)C2O)C(O)C1O)C(O)CCCCCCCCCCCCCCCCCCCCC. The van der Waals surface area contributed by atoms with Gasteiger partial charge < -0.3 is 65.1 Å². The molecular formula is C70H129NO13. The minimum Gasteiger partial charge on any atom is -0.394 e. The molecule has 12 atom stereocenters. The fourth-order valence-corrected chi connectivity index (χ4v) is 11.5. The molecule has 0 bridgehead atoms. The zero-order valence-electron chi connectivity index (χ0n) is 53.4. The molecule has 12 unspecified atom stereocenters. The van der Waals surface area contributed by atoms with E-state index >= 15 is 0 Å². The maximum Gasteiger partial charge on any atom is 0.220 e. The molecule has 2 heterocycles. The number of allylic oxidation sites excluding steroid dienone is 8. The van der Waals surface area contributed by atoms with Crippen molar-refractivity contribution in [2.24, 2.45) is 0 Å². The number of hydrogen-bond donors (Lipinski definition) is 9. The Labute approximate surface area is 512 Å². The number of aliphatic hydroxyl groups excluding tert-OH is 8. The number of ether oxygens (including phenoxy) is 4. The molecule has 0 aliphatic carbocycles. The van der Waals surface area contributed by atoms with Crippen LogP contribution in [0.4, 0.5) is 0 Å². The van der Waals surface area contributed by atoms with E-state index in [-0.39, 0.29) is 12.5 Å². The van der Waals surface area contributed by atoms with E-state index in [0.29, 0.717) is 12.8 Å². The highest BCUT2D eigenvalue weighted by atomic mass is 16.7. The molecule has 14 heteroatoms. The Morgan fingerprint density at radius 3 is 1.26 bits per heavy atom. The molecule has 9 N–H and O–H groups in total. The van der Waals surface area contributed by atoms with E-state index in [1.807, 2.05) is 0 Å². The van der Waals surface area contributed by atoms with Gasteiger partial charge >= 0.3 is 0 Å². The summed E-state index contributed by atoms with van der Waals surface area (Å²) in [5.74, 6) is -0.202. The highest BCUT2D eigenvalue weighted by Gasteiger charge is 2.51. The molecule has 0 saturated carbocycles. The molecular weight excluding hydrogens is 1060 g/mol. The molecule has 2 aliphatic heterocycles. The summed E-state index contributed by atoms with van der Waals surface area (Å²) in [5, 5.41) is 87.6. The van der Waals surface area contributed by atoms with Crippen molar-refractivity contribution in [1.82, 2.24) is 5.32 Å². The first-order chi connectivity index (χ1) is 41.1. The Hall–Kier alpha value is -2.05. The quantitative estimate of drug-likeness (QED) is 0.0204. The smallest absolute Gasteiger partial charge is 0.220 e. The van der Waals surface area contributed by atoms with Crippen LogP contribution < -0.4 is 5.32 Å². The maximum absolute atomic E-state index is 13.3. The predicted molar refractivity (Wildman–Crippen MR) is 341 cm³/mol. The normalized spacial score (nSPS) is 23.9. The molecule has 84 heavy (non-hydrogen) atoms. The van der Waals surface area contributed by atoms with Gasteiger partial charge in [0.25, 0.3) is 0 Å². The van der Waals surface area contributed by atoms with Crippen LogP contribution in [0.1, 0.15) is 296 Å². The Bertz CT molecular complexity index is 1590. The van der Waals surface area contributed by atoms with Gasteiger partial charge in [0.15, 0.2) is 12.6 Å². The maximum atomic E-state index is 13.3. The Morgan fingerprint density at radius 1 is 0.440 bits per heavy atom. The van der Waals surface area contributed by atoms with Crippen molar-refractivity contribution in [3.05, 3.63) is 48.6 Å². The summed E-state index contributed by atoms with van der Waals surface area (Å²) in [4.78, 5) is 13.3. The third kappa shape index (κ3) is 39.1. The van der Waals surface area contributed by atoms with Gasteiger partial charge in [-0.15, -0.1) is 0 Å². The second-order valence-corrected chi connectivity index (χ2v) is 24.6. The molecule has 492 valence electrons. The largest absolute Gasteiger partial charge is 0.394 e. The first-order valence-corrected chi connectivity index (χ1v) is 34.9. The summed E-state index contributed by atoms with van der Waals surface area (Å²) in [6.45, 7) is 2.79. The van der Waals surface area contributed by atoms with Crippen LogP contribution >= 0.6 is 0 Å². The molecule has 0 radical (unpaired) electrons. The molecule has 2 rings (SSSR count). The Morgan fingerprint density at radius 2 is 0.821 bits per heavy atom. The number of unbranched alkanes of at least 4 members (excludes halogenated alkanes) is 36. The zero-order chi connectivity index (χ0) is 60.9. The molecule has 0 aromatic carbocycles. The number of aliphatic hydroxyl groups is 8.